The molecule has 1 aliphatic rings. The van der Waals surface area contributed by atoms with Crippen LogP contribution in [0.15, 0.2) is 71.6 Å². The Morgan fingerprint density at radius 1 is 1.06 bits per heavy atom. The Balaban J connectivity index is 1.63. The van der Waals surface area contributed by atoms with Gasteiger partial charge in [0.1, 0.15) is 6.04 Å². The summed E-state index contributed by atoms with van der Waals surface area (Å²) in [7, 11) is -2.18. The molecular weight excluding hydrogens is 434 g/mol. The molecule has 1 atom stereocenters. The fourth-order valence-corrected chi connectivity index (χ4v) is 5.66. The smallest absolute Gasteiger partial charge is 0.241 e. The Hall–Kier alpha value is -3.21. The lowest BCUT2D eigenvalue weighted by atomic mass is 10.0. The Labute approximate surface area is 194 Å². The molecule has 3 aromatic carbocycles. The van der Waals surface area contributed by atoms with E-state index in [9.17, 15) is 13.2 Å². The maximum atomic E-state index is 13.4. The van der Waals surface area contributed by atoms with E-state index >= 15 is 0 Å². The summed E-state index contributed by atoms with van der Waals surface area (Å²) in [6.07, 6.45) is 4.22. The van der Waals surface area contributed by atoms with Crippen molar-refractivity contribution >= 4 is 26.7 Å². The number of hydrogen-bond donors (Lipinski definition) is 1. The van der Waals surface area contributed by atoms with Crippen molar-refractivity contribution in [3.8, 4) is 6.07 Å². The molecule has 1 amide bonds. The highest BCUT2D eigenvalue weighted by Crippen LogP contribution is 2.24. The van der Waals surface area contributed by atoms with Crippen molar-refractivity contribution in [3.05, 3.63) is 77.9 Å². The highest BCUT2D eigenvalue weighted by atomic mass is 32.2. The molecule has 1 fully saturated rings. The van der Waals surface area contributed by atoms with E-state index in [1.54, 1.807) is 54.4 Å². The monoisotopic (exact) mass is 461 g/mol. The number of nitrogens with one attached hydrogen (secondary N) is 1. The third-order valence-electron chi connectivity index (χ3n) is 6.37. The van der Waals surface area contributed by atoms with Crippen LogP contribution in [-0.4, -0.2) is 38.4 Å². The molecule has 0 heterocycles. The fraction of sp³-hybridized carbons (Fsp3) is 0.308. The van der Waals surface area contributed by atoms with Crippen molar-refractivity contribution in [2.24, 2.45) is 0 Å². The number of benzene rings is 3. The quantitative estimate of drug-likeness (QED) is 0.576. The van der Waals surface area contributed by atoms with Crippen LogP contribution < -0.4 is 4.72 Å². The first-order valence-electron chi connectivity index (χ1n) is 11.1. The van der Waals surface area contributed by atoms with E-state index < -0.39 is 16.1 Å². The topological polar surface area (TPSA) is 90.3 Å². The number of fused-ring (bicyclic) bond motifs is 1. The minimum absolute atomic E-state index is 0.127. The van der Waals surface area contributed by atoms with Gasteiger partial charge in [0.25, 0.3) is 0 Å². The second-order valence-corrected chi connectivity index (χ2v) is 10.3. The van der Waals surface area contributed by atoms with Crippen LogP contribution in [0, 0.1) is 11.3 Å². The molecule has 0 saturated heterocycles. The Morgan fingerprint density at radius 3 is 2.39 bits per heavy atom. The highest BCUT2D eigenvalue weighted by molar-refractivity contribution is 7.89. The van der Waals surface area contributed by atoms with Gasteiger partial charge in [0.15, 0.2) is 0 Å². The lowest BCUT2D eigenvalue weighted by Gasteiger charge is -2.29. The normalized spacial score (nSPS) is 15.3. The number of carbonyl (C=O) groups is 1. The van der Waals surface area contributed by atoms with E-state index in [1.807, 2.05) is 24.3 Å². The third kappa shape index (κ3) is 5.24. The van der Waals surface area contributed by atoms with Gasteiger partial charge in [-0.2, -0.15) is 9.98 Å². The van der Waals surface area contributed by atoms with Crippen LogP contribution in [-0.2, 0) is 21.2 Å². The number of sulfonamides is 1. The summed E-state index contributed by atoms with van der Waals surface area (Å²) >= 11 is 0. The second kappa shape index (κ2) is 9.74. The van der Waals surface area contributed by atoms with Gasteiger partial charge in [-0.1, -0.05) is 55.3 Å². The summed E-state index contributed by atoms with van der Waals surface area (Å²) < 4.78 is 29.3. The molecule has 3 aromatic rings. The van der Waals surface area contributed by atoms with Crippen LogP contribution in [0.2, 0.25) is 0 Å². The first kappa shape index (κ1) is 23.0. The lowest BCUT2D eigenvalue weighted by Crippen LogP contribution is -2.50. The molecular formula is C26H27N3O3S. The van der Waals surface area contributed by atoms with Gasteiger partial charge in [-0.05, 0) is 59.9 Å². The second-order valence-electron chi connectivity index (χ2n) is 8.58. The summed E-state index contributed by atoms with van der Waals surface area (Å²) in [6.45, 7) is 0. The molecule has 6 nitrogen and oxygen atoms in total. The largest absolute Gasteiger partial charge is 0.341 e. The van der Waals surface area contributed by atoms with Crippen molar-refractivity contribution in [2.75, 3.05) is 7.05 Å². The molecule has 170 valence electrons. The summed E-state index contributed by atoms with van der Waals surface area (Å²) in [4.78, 5) is 15.3. The number of likely N-dealkylation sites (N-methyl/N-ethyl adjacent to an activating group) is 1. The average Bonchev–Trinajstić information content (AvgIpc) is 3.38. The zero-order valence-electron chi connectivity index (χ0n) is 18.6. The molecule has 0 unspecified atom stereocenters. The van der Waals surface area contributed by atoms with Crippen LogP contribution in [0.25, 0.3) is 10.8 Å². The van der Waals surface area contributed by atoms with Crippen LogP contribution >= 0.6 is 0 Å². The Morgan fingerprint density at radius 2 is 1.73 bits per heavy atom. The van der Waals surface area contributed by atoms with Crippen LogP contribution in [0.4, 0.5) is 0 Å². The molecule has 1 aliphatic carbocycles. The minimum Gasteiger partial charge on any atom is -0.341 e. The van der Waals surface area contributed by atoms with Gasteiger partial charge in [-0.15, -0.1) is 0 Å². The summed E-state index contributed by atoms with van der Waals surface area (Å²) in [5.74, 6) is -0.240. The first-order valence-corrected chi connectivity index (χ1v) is 12.6. The Kier molecular flexibility index (Phi) is 6.77. The van der Waals surface area contributed by atoms with E-state index in [0.717, 1.165) is 42.0 Å². The van der Waals surface area contributed by atoms with Crippen LogP contribution in [0.5, 0.6) is 0 Å². The van der Waals surface area contributed by atoms with Gasteiger partial charge < -0.3 is 4.90 Å². The van der Waals surface area contributed by atoms with Crippen LogP contribution in [0.3, 0.4) is 0 Å². The summed E-state index contributed by atoms with van der Waals surface area (Å²) in [6, 6.07) is 20.6. The highest BCUT2D eigenvalue weighted by Gasteiger charge is 2.32. The number of nitrogens with zero attached hydrogens (tertiary/aromatic N) is 2. The predicted molar refractivity (Wildman–Crippen MR) is 128 cm³/mol. The maximum absolute atomic E-state index is 13.4. The van der Waals surface area contributed by atoms with Crippen molar-refractivity contribution in [1.29, 1.82) is 5.26 Å². The van der Waals surface area contributed by atoms with Gasteiger partial charge in [0, 0.05) is 13.1 Å². The number of nitriles is 1. The lowest BCUT2D eigenvalue weighted by molar-refractivity contribution is -0.133. The molecule has 0 aromatic heterocycles. The van der Waals surface area contributed by atoms with Crippen LogP contribution in [0.1, 0.15) is 36.8 Å². The molecule has 4 rings (SSSR count). The SMILES string of the molecule is CN(C(=O)[C@H](Cc1ccc(C#N)cc1)NS(=O)(=O)c1ccc2ccccc2c1)C1CCCC1. The Bertz CT molecular complexity index is 1290. The molecule has 33 heavy (non-hydrogen) atoms. The van der Waals surface area contributed by atoms with E-state index in [4.69, 9.17) is 5.26 Å². The molecule has 0 spiro atoms. The fourth-order valence-electron chi connectivity index (χ4n) is 4.44. The molecule has 1 saturated carbocycles. The predicted octanol–water partition coefficient (Wildman–Crippen LogP) is 4.00. The molecule has 0 aliphatic heterocycles. The molecule has 0 bridgehead atoms. The van der Waals surface area contributed by atoms with E-state index in [0.29, 0.717) is 5.56 Å². The van der Waals surface area contributed by atoms with Crippen molar-refractivity contribution in [1.82, 2.24) is 9.62 Å². The van der Waals surface area contributed by atoms with E-state index in [1.165, 1.54) is 0 Å². The van der Waals surface area contributed by atoms with Crippen molar-refractivity contribution < 1.29 is 13.2 Å². The molecule has 7 heteroatoms. The zero-order chi connectivity index (χ0) is 23.4. The molecule has 0 radical (unpaired) electrons. The number of hydrogen-bond acceptors (Lipinski definition) is 4. The van der Waals surface area contributed by atoms with Crippen molar-refractivity contribution in [3.63, 3.8) is 0 Å². The van der Waals surface area contributed by atoms with Gasteiger partial charge in [-0.25, -0.2) is 8.42 Å². The van der Waals surface area contributed by atoms with Gasteiger partial charge >= 0.3 is 0 Å². The maximum Gasteiger partial charge on any atom is 0.241 e. The van der Waals surface area contributed by atoms with Gasteiger partial charge in [-0.3, -0.25) is 4.79 Å². The minimum atomic E-state index is -3.94. The summed E-state index contributed by atoms with van der Waals surface area (Å²) in [5.41, 5.74) is 1.30. The van der Waals surface area contributed by atoms with E-state index in [2.05, 4.69) is 10.8 Å². The van der Waals surface area contributed by atoms with Crippen molar-refractivity contribution in [2.45, 2.75) is 49.1 Å². The first-order chi connectivity index (χ1) is 15.9. The average molecular weight is 462 g/mol. The number of carbonyl (C=O) groups excluding carboxylic acids is 1. The number of amides is 1. The third-order valence-corrected chi connectivity index (χ3v) is 7.84. The summed E-state index contributed by atoms with van der Waals surface area (Å²) in [5, 5.41) is 10.8. The van der Waals surface area contributed by atoms with Gasteiger partial charge in [0.05, 0.1) is 16.5 Å². The standard InChI is InChI=1S/C26H27N3O3S/c1-29(23-8-4-5-9-23)26(30)25(16-19-10-12-20(18-27)13-11-19)28-33(31,32)24-15-14-21-6-2-3-7-22(21)17-24/h2-3,6-7,10-15,17,23,25,28H,4-5,8-9,16H2,1H3/t25-/m0/s1. The van der Waals surface area contributed by atoms with Gasteiger partial charge in [0.2, 0.25) is 15.9 Å². The number of rotatable bonds is 7. The molecule has 1 N–H and O–H groups in total. The zero-order valence-corrected chi connectivity index (χ0v) is 19.4. The van der Waals surface area contributed by atoms with E-state index in [-0.39, 0.29) is 23.3 Å².